The van der Waals surface area contributed by atoms with E-state index in [9.17, 15) is 26.8 Å². The number of ether oxygens (including phenoxy) is 1. The lowest BCUT2D eigenvalue weighted by molar-refractivity contribution is -0.00951. The second kappa shape index (κ2) is 5.51. The van der Waals surface area contributed by atoms with E-state index < -0.39 is 33.9 Å². The molecular formula is C10H8F2O7S. The molecule has 10 heteroatoms. The lowest BCUT2D eigenvalue weighted by Crippen LogP contribution is -2.34. The van der Waals surface area contributed by atoms with Gasteiger partial charge in [0.05, 0.1) is 11.1 Å². The lowest BCUT2D eigenvalue weighted by Gasteiger charge is -2.12. The first-order valence-electron chi connectivity index (χ1n) is 4.90. The van der Waals surface area contributed by atoms with Crippen LogP contribution in [0.2, 0.25) is 0 Å². The number of carboxylic acids is 1. The number of hydrogen-bond acceptors (Lipinski definition) is 5. The maximum atomic E-state index is 12.8. The van der Waals surface area contributed by atoms with E-state index >= 15 is 0 Å². The van der Waals surface area contributed by atoms with Gasteiger partial charge in [-0.2, -0.15) is 17.2 Å². The van der Waals surface area contributed by atoms with Gasteiger partial charge in [-0.25, -0.2) is 9.59 Å². The molecule has 1 rings (SSSR count). The first-order chi connectivity index (χ1) is 9.04. The second-order valence-electron chi connectivity index (χ2n) is 3.57. The molecule has 1 aromatic rings. The number of rotatable bonds is 5. The van der Waals surface area contributed by atoms with Crippen molar-refractivity contribution in [3.63, 3.8) is 0 Å². The van der Waals surface area contributed by atoms with Gasteiger partial charge in [-0.1, -0.05) is 0 Å². The highest BCUT2D eigenvalue weighted by atomic mass is 32.2. The average Bonchev–Trinajstić information content (AvgIpc) is 2.34. The highest BCUT2D eigenvalue weighted by Gasteiger charge is 2.45. The Morgan fingerprint density at radius 1 is 1.15 bits per heavy atom. The van der Waals surface area contributed by atoms with Crippen molar-refractivity contribution in [1.82, 2.24) is 0 Å². The summed E-state index contributed by atoms with van der Waals surface area (Å²) in [5, 5.41) is 3.98. The number of carboxylic acid groups (broad SMARTS) is 1. The number of halogens is 2. The Morgan fingerprint density at radius 3 is 2.00 bits per heavy atom. The molecule has 0 aliphatic carbocycles. The summed E-state index contributed by atoms with van der Waals surface area (Å²) in [7, 11) is -5.69. The Kier molecular flexibility index (Phi) is 4.40. The fourth-order valence-corrected chi connectivity index (χ4v) is 1.26. The van der Waals surface area contributed by atoms with Gasteiger partial charge >= 0.3 is 27.3 Å². The van der Waals surface area contributed by atoms with Gasteiger partial charge in [0.2, 0.25) is 0 Å². The highest BCUT2D eigenvalue weighted by Crippen LogP contribution is 2.21. The van der Waals surface area contributed by atoms with Gasteiger partial charge in [0.25, 0.3) is 0 Å². The third-order valence-corrected chi connectivity index (χ3v) is 2.99. The maximum absolute atomic E-state index is 12.8. The third-order valence-electron chi connectivity index (χ3n) is 2.12. The van der Waals surface area contributed by atoms with E-state index in [-0.39, 0.29) is 11.1 Å². The zero-order chi connectivity index (χ0) is 15.6. The van der Waals surface area contributed by atoms with E-state index in [4.69, 9.17) is 9.66 Å². The topological polar surface area (TPSA) is 118 Å². The van der Waals surface area contributed by atoms with Crippen LogP contribution in [0.4, 0.5) is 8.78 Å². The van der Waals surface area contributed by atoms with Crippen LogP contribution < -0.4 is 0 Å². The fourth-order valence-electron chi connectivity index (χ4n) is 1.06. The van der Waals surface area contributed by atoms with Gasteiger partial charge in [0, 0.05) is 0 Å². The molecule has 0 amide bonds. The molecule has 0 aliphatic rings. The quantitative estimate of drug-likeness (QED) is 0.615. The highest BCUT2D eigenvalue weighted by molar-refractivity contribution is 7.86. The summed E-state index contributed by atoms with van der Waals surface area (Å²) in [4.78, 5) is 21.9. The summed E-state index contributed by atoms with van der Waals surface area (Å²) < 4.78 is 58.3. The smallest absolute Gasteiger partial charge is 0.402 e. The molecular weight excluding hydrogens is 302 g/mol. The molecule has 0 atom stereocenters. The van der Waals surface area contributed by atoms with Crippen molar-refractivity contribution in [2.24, 2.45) is 0 Å². The summed E-state index contributed by atoms with van der Waals surface area (Å²) in [6.45, 7) is -1.86. The van der Waals surface area contributed by atoms with Crippen molar-refractivity contribution in [2.75, 3.05) is 6.61 Å². The Morgan fingerprint density at radius 2 is 1.60 bits per heavy atom. The minimum atomic E-state index is -5.69. The van der Waals surface area contributed by atoms with E-state index in [2.05, 4.69) is 4.74 Å². The Hall–Kier alpha value is -2.07. The first kappa shape index (κ1) is 16.0. The molecule has 0 fully saturated rings. The van der Waals surface area contributed by atoms with Crippen molar-refractivity contribution in [1.29, 1.82) is 0 Å². The number of esters is 1. The molecule has 7 nitrogen and oxygen atoms in total. The molecule has 0 unspecified atom stereocenters. The molecule has 0 aromatic heterocycles. The van der Waals surface area contributed by atoms with Crippen LogP contribution in [0.3, 0.4) is 0 Å². The third kappa shape index (κ3) is 3.71. The predicted molar refractivity (Wildman–Crippen MR) is 60.2 cm³/mol. The zero-order valence-corrected chi connectivity index (χ0v) is 10.4. The fraction of sp³-hybridized carbons (Fsp3) is 0.200. The number of hydrogen-bond donors (Lipinski definition) is 2. The zero-order valence-electron chi connectivity index (χ0n) is 9.62. The van der Waals surface area contributed by atoms with Gasteiger partial charge < -0.3 is 9.84 Å². The number of aromatic carboxylic acids is 1. The molecule has 2 N–H and O–H groups in total. The van der Waals surface area contributed by atoms with Crippen LogP contribution in [0.25, 0.3) is 0 Å². The van der Waals surface area contributed by atoms with Crippen LogP contribution >= 0.6 is 0 Å². The van der Waals surface area contributed by atoms with E-state index in [0.717, 1.165) is 24.3 Å². The van der Waals surface area contributed by atoms with Crippen molar-refractivity contribution in [3.8, 4) is 0 Å². The van der Waals surface area contributed by atoms with Crippen LogP contribution in [0.15, 0.2) is 24.3 Å². The summed E-state index contributed by atoms with van der Waals surface area (Å²) >= 11 is 0. The normalized spacial score (nSPS) is 11.9. The Balaban J connectivity index is 2.75. The molecule has 20 heavy (non-hydrogen) atoms. The SMILES string of the molecule is O=C(O)c1ccc(C(=O)OCC(F)(F)S(=O)(=O)O)cc1. The van der Waals surface area contributed by atoms with E-state index in [1.807, 2.05) is 0 Å². The summed E-state index contributed by atoms with van der Waals surface area (Å²) in [5.74, 6) is -2.53. The van der Waals surface area contributed by atoms with Gasteiger partial charge in [-0.3, -0.25) is 4.55 Å². The van der Waals surface area contributed by atoms with Gasteiger partial charge in [0.1, 0.15) is 0 Å². The standard InChI is InChI=1S/C10H8F2O7S/c11-10(12,20(16,17)18)5-19-9(15)7-3-1-6(2-4-7)8(13)14/h1-4H,5H2,(H,13,14)(H,16,17,18). The molecule has 0 bridgehead atoms. The van der Waals surface area contributed by atoms with Crippen LogP contribution in [0.5, 0.6) is 0 Å². The Labute approximate surface area is 111 Å². The molecule has 0 aliphatic heterocycles. The molecule has 110 valence electrons. The van der Waals surface area contributed by atoms with E-state index in [1.54, 1.807) is 0 Å². The first-order valence-corrected chi connectivity index (χ1v) is 6.34. The lowest BCUT2D eigenvalue weighted by atomic mass is 10.1. The maximum Gasteiger partial charge on any atom is 0.402 e. The van der Waals surface area contributed by atoms with Crippen molar-refractivity contribution >= 4 is 22.1 Å². The van der Waals surface area contributed by atoms with E-state index in [1.165, 1.54) is 0 Å². The molecule has 0 radical (unpaired) electrons. The van der Waals surface area contributed by atoms with Gasteiger partial charge in [-0.05, 0) is 24.3 Å². The van der Waals surface area contributed by atoms with Crippen LogP contribution in [0.1, 0.15) is 20.7 Å². The van der Waals surface area contributed by atoms with Crippen molar-refractivity contribution < 1.29 is 41.2 Å². The van der Waals surface area contributed by atoms with Crippen molar-refractivity contribution in [3.05, 3.63) is 35.4 Å². The molecule has 0 saturated heterocycles. The number of carbonyl (C=O) groups excluding carboxylic acids is 1. The summed E-state index contributed by atoms with van der Waals surface area (Å²) in [6.07, 6.45) is 0. The van der Waals surface area contributed by atoms with Crippen molar-refractivity contribution in [2.45, 2.75) is 5.25 Å². The van der Waals surface area contributed by atoms with Crippen LogP contribution in [-0.2, 0) is 14.9 Å². The molecule has 1 aromatic carbocycles. The Bertz CT molecular complexity index is 622. The van der Waals surface area contributed by atoms with Crippen LogP contribution in [0, 0.1) is 0 Å². The number of alkyl halides is 2. The van der Waals surface area contributed by atoms with E-state index in [0.29, 0.717) is 0 Å². The monoisotopic (exact) mass is 310 g/mol. The average molecular weight is 310 g/mol. The van der Waals surface area contributed by atoms with Crippen LogP contribution in [-0.4, -0.2) is 41.9 Å². The minimum Gasteiger partial charge on any atom is -0.478 e. The summed E-state index contributed by atoms with van der Waals surface area (Å²) in [5.41, 5.74) is -0.383. The largest absolute Gasteiger partial charge is 0.478 e. The molecule has 0 heterocycles. The second-order valence-corrected chi connectivity index (χ2v) is 5.12. The minimum absolute atomic E-state index is 0.134. The number of carbonyl (C=O) groups is 2. The summed E-state index contributed by atoms with van der Waals surface area (Å²) in [6, 6.07) is 4.11. The number of benzene rings is 1. The molecule has 0 spiro atoms. The van der Waals surface area contributed by atoms with Gasteiger partial charge in [-0.15, -0.1) is 0 Å². The molecule has 0 saturated carbocycles. The van der Waals surface area contributed by atoms with Gasteiger partial charge in [0.15, 0.2) is 6.61 Å². The predicted octanol–water partition coefficient (Wildman–Crippen LogP) is 1.02.